The lowest BCUT2D eigenvalue weighted by Crippen LogP contribution is -2.34. The highest BCUT2D eigenvalue weighted by atomic mass is 31.1. The Morgan fingerprint density at radius 2 is 2.00 bits per heavy atom. The second-order valence-electron chi connectivity index (χ2n) is 2.04. The van der Waals surface area contributed by atoms with Crippen molar-refractivity contribution in [1.29, 1.82) is 0 Å². The molecule has 0 saturated heterocycles. The number of hydrogen-bond acceptors (Lipinski definition) is 4. The molecule has 6 heteroatoms. The standard InChI is InChI=1S/C4H11O4PSi/c1-9(5)3-2-4-10(6,7)8/h3,6-8H,2,4H2,1H3. The van der Waals surface area contributed by atoms with Crippen LogP contribution in [0.5, 0.6) is 0 Å². The Morgan fingerprint density at radius 3 is 2.30 bits per heavy atom. The molecular formula is C4H11O4PSi. The van der Waals surface area contributed by atoms with Crippen LogP contribution in [-0.2, 0) is 0 Å². The van der Waals surface area contributed by atoms with E-state index in [1.54, 1.807) is 0 Å². The largest absolute Gasteiger partial charge is 0.631 e. The van der Waals surface area contributed by atoms with Crippen molar-refractivity contribution in [1.82, 2.24) is 0 Å². The van der Waals surface area contributed by atoms with Crippen molar-refractivity contribution in [3.8, 4) is 0 Å². The Labute approximate surface area is 61.6 Å². The molecular weight excluding hydrogens is 171 g/mol. The van der Waals surface area contributed by atoms with E-state index in [4.69, 9.17) is 14.4 Å². The maximum atomic E-state index is 10.4. The minimum absolute atomic E-state index is 0.0675. The fourth-order valence-electron chi connectivity index (χ4n) is 0.440. The average Bonchev–Trinajstić information content (AvgIpc) is 1.59. The second kappa shape index (κ2) is 4.18. The lowest BCUT2D eigenvalue weighted by Gasteiger charge is -2.05. The summed E-state index contributed by atoms with van der Waals surface area (Å²) in [6.07, 6.45) is 0.293. The summed E-state index contributed by atoms with van der Waals surface area (Å²) >= 11 is 0. The summed E-state index contributed by atoms with van der Waals surface area (Å²) in [6.45, 7) is 1.52. The van der Waals surface area contributed by atoms with Gasteiger partial charge in [0.2, 0.25) is 0 Å². The van der Waals surface area contributed by atoms with E-state index in [1.165, 1.54) is 12.5 Å². The molecule has 0 heterocycles. The molecule has 0 aliphatic rings. The molecule has 0 rings (SSSR count). The van der Waals surface area contributed by atoms with E-state index in [9.17, 15) is 4.89 Å². The first-order valence-electron chi connectivity index (χ1n) is 2.82. The first-order chi connectivity index (χ1) is 4.42. The van der Waals surface area contributed by atoms with Crippen LogP contribution in [0.25, 0.3) is 0 Å². The van der Waals surface area contributed by atoms with E-state index in [2.05, 4.69) is 0 Å². The van der Waals surface area contributed by atoms with Crippen molar-refractivity contribution in [2.24, 2.45) is 0 Å². The van der Waals surface area contributed by atoms with Gasteiger partial charge in [-0.05, 0) is 0 Å². The van der Waals surface area contributed by atoms with Gasteiger partial charge in [0, 0.05) is 20.2 Å². The molecule has 0 spiro atoms. The van der Waals surface area contributed by atoms with Crippen LogP contribution in [0, 0.1) is 0 Å². The van der Waals surface area contributed by atoms with Crippen LogP contribution in [0.2, 0.25) is 6.04 Å². The van der Waals surface area contributed by atoms with Crippen molar-refractivity contribution in [3.63, 3.8) is 0 Å². The SMILES string of the molecule is C[P+]([O-])=CCC[Si](O)(O)O. The fraction of sp³-hybridized carbons (Fsp3) is 0.750. The summed E-state index contributed by atoms with van der Waals surface area (Å²) in [6, 6.07) is -0.0675. The van der Waals surface area contributed by atoms with Crippen LogP contribution in [0.1, 0.15) is 6.42 Å². The van der Waals surface area contributed by atoms with Gasteiger partial charge in [-0.3, -0.25) is 0 Å². The highest BCUT2D eigenvalue weighted by molar-refractivity contribution is 7.49. The van der Waals surface area contributed by atoms with E-state index >= 15 is 0 Å². The van der Waals surface area contributed by atoms with Gasteiger partial charge in [-0.15, -0.1) is 0 Å². The molecule has 0 saturated carbocycles. The molecule has 0 fully saturated rings. The second-order valence-corrected chi connectivity index (χ2v) is 5.55. The van der Waals surface area contributed by atoms with Crippen LogP contribution in [0.15, 0.2) is 0 Å². The number of rotatable bonds is 3. The fourth-order valence-corrected chi connectivity index (χ4v) is 1.71. The molecule has 0 aliphatic heterocycles. The molecule has 60 valence electrons. The molecule has 10 heavy (non-hydrogen) atoms. The summed E-state index contributed by atoms with van der Waals surface area (Å²) in [5.74, 6) is 1.46. The van der Waals surface area contributed by atoms with Crippen molar-refractivity contribution in [2.75, 3.05) is 6.66 Å². The predicted octanol–water partition coefficient (Wildman–Crippen LogP) is -1.52. The van der Waals surface area contributed by atoms with Crippen molar-refractivity contribution < 1.29 is 19.3 Å². The van der Waals surface area contributed by atoms with Crippen LogP contribution in [0.3, 0.4) is 0 Å². The lowest BCUT2D eigenvalue weighted by molar-refractivity contribution is -0.151. The Kier molecular flexibility index (Phi) is 4.27. The van der Waals surface area contributed by atoms with E-state index < -0.39 is 16.6 Å². The van der Waals surface area contributed by atoms with Crippen LogP contribution in [-0.4, -0.2) is 35.7 Å². The molecule has 1 atom stereocenters. The molecule has 0 aromatic heterocycles. The zero-order chi connectivity index (χ0) is 8.20. The van der Waals surface area contributed by atoms with Gasteiger partial charge in [0.1, 0.15) is 0 Å². The molecule has 4 nitrogen and oxygen atoms in total. The van der Waals surface area contributed by atoms with Crippen molar-refractivity contribution >= 4 is 22.4 Å². The molecule has 1 unspecified atom stereocenters. The quantitative estimate of drug-likeness (QED) is 0.365. The number of hydrogen-bond donors (Lipinski definition) is 3. The minimum Gasteiger partial charge on any atom is -0.631 e. The van der Waals surface area contributed by atoms with Gasteiger partial charge in [-0.1, -0.05) is 0 Å². The van der Waals surface area contributed by atoms with E-state index in [0.717, 1.165) is 0 Å². The van der Waals surface area contributed by atoms with E-state index in [-0.39, 0.29) is 6.04 Å². The Morgan fingerprint density at radius 1 is 1.50 bits per heavy atom. The zero-order valence-electron chi connectivity index (χ0n) is 5.69. The summed E-state index contributed by atoms with van der Waals surface area (Å²) in [5, 5.41) is 0. The zero-order valence-corrected chi connectivity index (χ0v) is 7.58. The van der Waals surface area contributed by atoms with Gasteiger partial charge in [-0.2, -0.15) is 0 Å². The third-order valence-electron chi connectivity index (χ3n) is 0.866. The topological polar surface area (TPSA) is 83.8 Å². The monoisotopic (exact) mass is 182 g/mol. The Balaban J connectivity index is 3.47. The Hall–Kier alpha value is 0.227. The highest BCUT2D eigenvalue weighted by Crippen LogP contribution is 2.05. The molecule has 0 bridgehead atoms. The van der Waals surface area contributed by atoms with Gasteiger partial charge < -0.3 is 19.3 Å². The van der Waals surface area contributed by atoms with Crippen molar-refractivity contribution in [2.45, 2.75) is 12.5 Å². The molecule has 0 aliphatic carbocycles. The van der Waals surface area contributed by atoms with E-state index in [0.29, 0.717) is 6.42 Å². The third kappa shape index (κ3) is 8.23. The van der Waals surface area contributed by atoms with Crippen LogP contribution in [0.4, 0.5) is 0 Å². The summed E-state index contributed by atoms with van der Waals surface area (Å²) in [7, 11) is -5.22. The molecule has 3 N–H and O–H groups in total. The summed E-state index contributed by atoms with van der Waals surface area (Å²) in [5.41, 5.74) is 0. The normalized spacial score (nSPS) is 13.9. The highest BCUT2D eigenvalue weighted by Gasteiger charge is 2.25. The summed E-state index contributed by atoms with van der Waals surface area (Å²) < 4.78 is 0. The lowest BCUT2D eigenvalue weighted by atomic mass is 10.6. The predicted molar refractivity (Wildman–Crippen MR) is 40.7 cm³/mol. The summed E-state index contributed by atoms with van der Waals surface area (Å²) in [4.78, 5) is 35.8. The molecule has 0 amide bonds. The van der Waals surface area contributed by atoms with Gasteiger partial charge in [0.15, 0.2) is 0 Å². The molecule has 0 radical (unpaired) electrons. The molecule has 0 aromatic carbocycles. The first kappa shape index (κ1) is 10.2. The average molecular weight is 182 g/mol. The maximum absolute atomic E-state index is 10.4. The van der Waals surface area contributed by atoms with Crippen LogP contribution >= 0.6 is 7.77 Å². The van der Waals surface area contributed by atoms with Gasteiger partial charge in [0.25, 0.3) is 0 Å². The maximum Gasteiger partial charge on any atom is 0.493 e. The third-order valence-corrected chi connectivity index (χ3v) is 2.60. The van der Waals surface area contributed by atoms with E-state index in [1.807, 2.05) is 0 Å². The smallest absolute Gasteiger partial charge is 0.493 e. The molecule has 0 aromatic rings. The first-order valence-corrected chi connectivity index (χ1v) is 6.65. The van der Waals surface area contributed by atoms with Gasteiger partial charge in [0.05, 0.1) is 12.5 Å². The van der Waals surface area contributed by atoms with Gasteiger partial charge >= 0.3 is 8.80 Å². The Bertz CT molecular complexity index is 126. The van der Waals surface area contributed by atoms with Crippen LogP contribution < -0.4 is 4.89 Å². The van der Waals surface area contributed by atoms with Gasteiger partial charge in [-0.25, -0.2) is 0 Å². The van der Waals surface area contributed by atoms with Crippen molar-refractivity contribution in [3.05, 3.63) is 0 Å². The minimum atomic E-state index is -3.88.